The van der Waals surface area contributed by atoms with E-state index in [1.165, 1.54) is 28.1 Å². The quantitative estimate of drug-likeness (QED) is 0.100. The Balaban J connectivity index is 1.90. The molecule has 0 aromatic carbocycles. The number of aliphatic hydroxyl groups excluding tert-OH is 6. The van der Waals surface area contributed by atoms with Crippen LogP contribution in [0.3, 0.4) is 0 Å². The first-order valence-electron chi connectivity index (χ1n) is 22.6. The number of ether oxygens (including phenoxy) is 8. The second-order valence-electron chi connectivity index (χ2n) is 19.6. The molecule has 23 atom stereocenters. The summed E-state index contributed by atoms with van der Waals surface area (Å²) in [4.78, 5) is 22.2. The summed E-state index contributed by atoms with van der Waals surface area (Å²) < 4.78 is 48.4. The van der Waals surface area contributed by atoms with Crippen LogP contribution in [-0.2, 0) is 47.5 Å². The Bertz CT molecular complexity index is 1520. The number of carbonyl (C=O) groups excluding carboxylic acids is 1. The minimum absolute atomic E-state index is 0.0443. The maximum absolute atomic E-state index is 14.5. The number of likely N-dealkylation sites (N-methyl/N-ethyl adjacent to an activating group) is 1. The Morgan fingerprint density at radius 2 is 1.45 bits per heavy atom. The second kappa shape index (κ2) is 22.2. The standard InChI is InChI=1S/C44H80N2O18/c1-15-28-44(10,55)36(51)22(4)30(45-64-35-27(19-47)60-40(56-13)33(50)32(35)49)20(2)17-42(8,54)38(63-41-31(48)26(46(11)12)16-21(3)58-41)23(5)34(24(6)39(53)61-28)62-29-18-43(9,57-14)37(52)25(7)59-29/h20-29,31-38,40-41,47-52,54-55H,15-19H2,1-14H3/b45-30+/t20-,21-,22+,23+,24-,25+,26+,27-,28+,29+,31-,32-,33-,34+,35+,36-,37+,38-,40+,41+,42-,43-,44-/m1/s1. The number of oxime groups is 1. The van der Waals surface area contributed by atoms with Crippen LogP contribution < -0.4 is 0 Å². The van der Waals surface area contributed by atoms with Crippen molar-refractivity contribution in [3.05, 3.63) is 0 Å². The number of cyclic esters (lactones) is 1. The van der Waals surface area contributed by atoms with E-state index in [2.05, 4.69) is 5.16 Å². The summed E-state index contributed by atoms with van der Waals surface area (Å²) in [6.07, 6.45) is -17.9. The molecule has 4 heterocycles. The Labute approximate surface area is 378 Å². The van der Waals surface area contributed by atoms with Crippen molar-refractivity contribution in [2.24, 2.45) is 28.8 Å². The summed E-state index contributed by atoms with van der Waals surface area (Å²) in [5, 5.41) is 96.2. The highest BCUT2D eigenvalue weighted by Crippen LogP contribution is 2.41. The molecule has 4 aliphatic rings. The van der Waals surface area contributed by atoms with Gasteiger partial charge < -0.3 is 88.5 Å². The fourth-order valence-corrected chi connectivity index (χ4v) is 10.1. The van der Waals surface area contributed by atoms with E-state index < -0.39 is 139 Å². The number of carbonyl (C=O) groups is 1. The van der Waals surface area contributed by atoms with Crippen molar-refractivity contribution in [2.45, 2.75) is 210 Å². The smallest absolute Gasteiger partial charge is 0.311 e. The fraction of sp³-hybridized carbons (Fsp3) is 0.955. The average Bonchev–Trinajstić information content (AvgIpc) is 3.23. The molecule has 20 heteroatoms. The zero-order valence-electron chi connectivity index (χ0n) is 40.1. The molecular weight excluding hydrogens is 844 g/mol. The maximum Gasteiger partial charge on any atom is 0.311 e. The normalized spacial score (nSPS) is 49.9. The molecule has 20 nitrogen and oxygen atoms in total. The molecule has 0 aromatic rings. The number of rotatable bonds is 11. The van der Waals surface area contributed by atoms with Crippen molar-refractivity contribution in [3.63, 3.8) is 0 Å². The van der Waals surface area contributed by atoms with Crippen LogP contribution in [0.4, 0.5) is 0 Å². The van der Waals surface area contributed by atoms with E-state index in [4.69, 9.17) is 42.7 Å². The highest BCUT2D eigenvalue weighted by atomic mass is 16.7. The van der Waals surface area contributed by atoms with Crippen molar-refractivity contribution in [1.29, 1.82) is 0 Å². The summed E-state index contributed by atoms with van der Waals surface area (Å²) in [6.45, 7) is 15.7. The molecule has 0 radical (unpaired) electrons. The molecule has 0 spiro atoms. The Kier molecular flexibility index (Phi) is 19.0. The van der Waals surface area contributed by atoms with Crippen LogP contribution in [0.2, 0.25) is 0 Å². The molecule has 4 aliphatic heterocycles. The molecule has 0 amide bonds. The lowest BCUT2D eigenvalue weighted by molar-refractivity contribution is -0.318. The largest absolute Gasteiger partial charge is 0.459 e. The Morgan fingerprint density at radius 1 is 0.812 bits per heavy atom. The first-order valence-corrected chi connectivity index (χ1v) is 22.6. The molecule has 0 aliphatic carbocycles. The van der Waals surface area contributed by atoms with Crippen LogP contribution in [0.5, 0.6) is 0 Å². The Hall–Kier alpha value is -1.70. The monoisotopic (exact) mass is 925 g/mol. The number of hydrogen-bond acceptors (Lipinski definition) is 20. The number of aliphatic hydroxyl groups is 8. The summed E-state index contributed by atoms with van der Waals surface area (Å²) in [5.74, 6) is -4.81. The van der Waals surface area contributed by atoms with E-state index in [0.717, 1.165) is 0 Å². The van der Waals surface area contributed by atoms with Gasteiger partial charge >= 0.3 is 5.97 Å². The van der Waals surface area contributed by atoms with E-state index in [9.17, 15) is 45.6 Å². The molecule has 4 saturated heterocycles. The van der Waals surface area contributed by atoms with Gasteiger partial charge in [-0.25, -0.2) is 0 Å². The third-order valence-corrected chi connectivity index (χ3v) is 14.2. The first kappa shape index (κ1) is 54.9. The van der Waals surface area contributed by atoms with Crippen LogP contribution in [0.25, 0.3) is 0 Å². The van der Waals surface area contributed by atoms with Gasteiger partial charge in [0, 0.05) is 44.4 Å². The highest BCUT2D eigenvalue weighted by molar-refractivity contribution is 5.88. The van der Waals surface area contributed by atoms with Crippen molar-refractivity contribution in [2.75, 3.05) is 34.9 Å². The molecule has 0 unspecified atom stereocenters. The predicted molar refractivity (Wildman–Crippen MR) is 228 cm³/mol. The van der Waals surface area contributed by atoms with Gasteiger partial charge in [-0.05, 0) is 74.9 Å². The minimum Gasteiger partial charge on any atom is -0.459 e. The summed E-state index contributed by atoms with van der Waals surface area (Å²) in [6, 6.07) is -0.390. The van der Waals surface area contributed by atoms with Crippen LogP contribution in [0.15, 0.2) is 5.16 Å². The van der Waals surface area contributed by atoms with E-state index in [1.807, 2.05) is 25.9 Å². The summed E-state index contributed by atoms with van der Waals surface area (Å²) in [5.41, 5.74) is -5.06. The van der Waals surface area contributed by atoms with Gasteiger partial charge in [-0.1, -0.05) is 32.9 Å². The summed E-state index contributed by atoms with van der Waals surface area (Å²) in [7, 11) is 6.38. The zero-order valence-corrected chi connectivity index (χ0v) is 40.1. The van der Waals surface area contributed by atoms with Crippen molar-refractivity contribution >= 4 is 11.7 Å². The average molecular weight is 925 g/mol. The van der Waals surface area contributed by atoms with Gasteiger partial charge in [0.15, 0.2) is 25.0 Å². The van der Waals surface area contributed by atoms with Crippen molar-refractivity contribution in [3.8, 4) is 0 Å². The van der Waals surface area contributed by atoms with Gasteiger partial charge in [-0.2, -0.15) is 0 Å². The first-order chi connectivity index (χ1) is 29.7. The van der Waals surface area contributed by atoms with Crippen molar-refractivity contribution in [1.82, 2.24) is 4.90 Å². The van der Waals surface area contributed by atoms with Gasteiger partial charge in [0.05, 0.1) is 60.0 Å². The third-order valence-electron chi connectivity index (χ3n) is 14.2. The van der Waals surface area contributed by atoms with E-state index in [1.54, 1.807) is 48.5 Å². The molecule has 0 saturated carbocycles. The lowest BCUT2D eigenvalue weighted by Crippen LogP contribution is -2.61. The maximum atomic E-state index is 14.5. The minimum atomic E-state index is -2.11. The lowest BCUT2D eigenvalue weighted by atomic mass is 9.73. The number of hydrogen-bond donors (Lipinski definition) is 8. The second-order valence-corrected chi connectivity index (χ2v) is 19.6. The van der Waals surface area contributed by atoms with E-state index in [0.29, 0.717) is 6.42 Å². The fourth-order valence-electron chi connectivity index (χ4n) is 10.1. The molecule has 4 rings (SSSR count). The molecule has 0 aromatic heterocycles. The van der Waals surface area contributed by atoms with Crippen LogP contribution in [0.1, 0.15) is 94.9 Å². The topological polar surface area (TPSA) is 278 Å². The van der Waals surface area contributed by atoms with Gasteiger partial charge in [0.2, 0.25) is 0 Å². The van der Waals surface area contributed by atoms with Gasteiger partial charge in [-0.15, -0.1) is 0 Å². The van der Waals surface area contributed by atoms with Gasteiger partial charge in [-0.3, -0.25) is 4.79 Å². The number of methoxy groups -OCH3 is 2. The van der Waals surface area contributed by atoms with E-state index in [-0.39, 0.29) is 37.1 Å². The number of nitrogens with zero attached hydrogens (tertiary/aromatic N) is 2. The molecule has 374 valence electrons. The zero-order chi connectivity index (χ0) is 48.4. The molecule has 8 N–H and O–H groups in total. The Morgan fingerprint density at radius 3 is 2.02 bits per heavy atom. The molecular formula is C44H80N2O18. The van der Waals surface area contributed by atoms with Crippen LogP contribution >= 0.6 is 0 Å². The third kappa shape index (κ3) is 11.8. The summed E-state index contributed by atoms with van der Waals surface area (Å²) >= 11 is 0. The SMILES string of the molecule is CC[C@@H]1OC(=O)[C@H](C)[C@@H](O[C@H]2C[C@@](C)(OC)[C@@H](O)[C@H](C)O2)[C@H](C)[C@@H](O[C@@H]2O[C@H](C)C[C@H](N(C)C)[C@H]2O)[C@](C)(O)C[C@@H](C)/C(=N\O[C@@H]2[C@H](O)[C@@H](O)[C@@H](OC)O[C@@H]2CO)[C@H](C)[C@@H](O)[C@]1(C)O. The molecule has 4 fully saturated rings. The van der Waals surface area contributed by atoms with Crippen LogP contribution in [0, 0.1) is 23.7 Å². The van der Waals surface area contributed by atoms with Crippen molar-refractivity contribution < 1.29 is 88.4 Å². The molecule has 64 heavy (non-hydrogen) atoms. The molecule has 0 bridgehead atoms. The predicted octanol–water partition coefficient (Wildman–Crippen LogP) is 0.0431. The lowest BCUT2D eigenvalue weighted by Gasteiger charge is -2.49. The van der Waals surface area contributed by atoms with E-state index >= 15 is 0 Å². The van der Waals surface area contributed by atoms with Gasteiger partial charge in [0.1, 0.15) is 42.2 Å². The van der Waals surface area contributed by atoms with Gasteiger partial charge in [0.25, 0.3) is 0 Å². The van der Waals surface area contributed by atoms with Crippen LogP contribution in [-0.4, -0.2) is 207 Å². The highest BCUT2D eigenvalue weighted by Gasteiger charge is 2.54. The number of esters is 1.